The average molecular weight is 922 g/mol. The van der Waals surface area contributed by atoms with Crippen molar-refractivity contribution >= 4 is 72.6 Å². The Morgan fingerprint density at radius 3 is 1.10 bits per heavy atom. The van der Waals surface area contributed by atoms with Crippen molar-refractivity contribution in [2.24, 2.45) is 0 Å². The van der Waals surface area contributed by atoms with Gasteiger partial charge in [0.2, 0.25) is 0 Å². The van der Waals surface area contributed by atoms with E-state index < -0.39 is 0 Å². The molecule has 3 nitrogen and oxygen atoms in total. The summed E-state index contributed by atoms with van der Waals surface area (Å²) in [6.45, 7) is 0. The summed E-state index contributed by atoms with van der Waals surface area (Å²) in [5.74, 6) is 0. The van der Waals surface area contributed by atoms with Gasteiger partial charge in [0, 0.05) is 50.6 Å². The number of fused-ring (bicyclic) bond motifs is 2. The molecule has 72 heavy (non-hydrogen) atoms. The molecule has 0 aromatic heterocycles. The first-order valence-electron chi connectivity index (χ1n) is 24.7. The lowest BCUT2D eigenvalue weighted by atomic mass is 9.89. The molecule has 1 aliphatic carbocycles. The number of hydrogen-bond acceptors (Lipinski definition) is 3. The zero-order chi connectivity index (χ0) is 48.1. The molecule has 0 bridgehead atoms. The zero-order valence-electron chi connectivity index (χ0n) is 39.8. The van der Waals surface area contributed by atoms with Crippen LogP contribution in [0.3, 0.4) is 0 Å². The van der Waals surface area contributed by atoms with Crippen LogP contribution in [0.2, 0.25) is 0 Å². The van der Waals surface area contributed by atoms with Crippen LogP contribution in [0.5, 0.6) is 0 Å². The maximum absolute atomic E-state index is 2.42. The molecule has 0 N–H and O–H groups in total. The van der Waals surface area contributed by atoms with Gasteiger partial charge in [0.15, 0.2) is 0 Å². The summed E-state index contributed by atoms with van der Waals surface area (Å²) < 4.78 is 0. The van der Waals surface area contributed by atoms with Crippen LogP contribution in [0.25, 0.3) is 38.2 Å². The van der Waals surface area contributed by atoms with Gasteiger partial charge in [-0.15, -0.1) is 0 Å². The van der Waals surface area contributed by atoms with E-state index >= 15 is 0 Å². The van der Waals surface area contributed by atoms with E-state index in [1.165, 1.54) is 43.8 Å². The molecule has 0 aliphatic heterocycles. The molecule has 0 saturated carbocycles. The van der Waals surface area contributed by atoms with Crippen LogP contribution in [-0.2, 0) is 0 Å². The highest BCUT2D eigenvalue weighted by molar-refractivity contribution is 6.00. The van der Waals surface area contributed by atoms with Crippen molar-refractivity contribution < 1.29 is 0 Å². The van der Waals surface area contributed by atoms with E-state index in [2.05, 4.69) is 312 Å². The second-order valence-electron chi connectivity index (χ2n) is 18.1. The number of hydrogen-bond donors (Lipinski definition) is 0. The first-order valence-corrected chi connectivity index (χ1v) is 24.7. The first-order chi connectivity index (χ1) is 35.7. The van der Waals surface area contributed by atoms with Crippen LogP contribution in [0, 0.1) is 0 Å². The molecule has 3 heteroatoms. The smallest absolute Gasteiger partial charge is 0.0540 e. The van der Waals surface area contributed by atoms with E-state index in [0.29, 0.717) is 0 Å². The van der Waals surface area contributed by atoms with Crippen molar-refractivity contribution in [2.75, 3.05) is 14.7 Å². The lowest BCUT2D eigenvalue weighted by Crippen LogP contribution is -2.17. The molecule has 0 saturated heterocycles. The lowest BCUT2D eigenvalue weighted by Gasteiger charge is -2.30. The highest BCUT2D eigenvalue weighted by Gasteiger charge is 2.21. The van der Waals surface area contributed by atoms with Crippen LogP contribution >= 0.6 is 0 Å². The average Bonchev–Trinajstić information content (AvgIpc) is 3.46. The van der Waals surface area contributed by atoms with Gasteiger partial charge >= 0.3 is 0 Å². The van der Waals surface area contributed by atoms with E-state index in [-0.39, 0.29) is 0 Å². The normalized spacial score (nSPS) is 12.1. The number of anilines is 8. The summed E-state index contributed by atoms with van der Waals surface area (Å²) in [6.07, 6.45) is 7.79. The number of benzene rings is 11. The second kappa shape index (κ2) is 19.9. The summed E-state index contributed by atoms with van der Waals surface area (Å²) >= 11 is 0. The molecular formula is C69H51N3. The fourth-order valence-corrected chi connectivity index (χ4v) is 10.3. The molecule has 11 aromatic rings. The molecule has 1 aliphatic rings. The SMILES string of the molecule is C1=CC(=C(c2ccccc2)c2ccccc2)CC=C1N(c1ccc(-c2ccc(N(c3ccc(N(c4ccccc4)c4ccccc4)cc3)c3cccc4ccccc34)cc2)cc1)c1cccc2ccccc12. The van der Waals surface area contributed by atoms with E-state index in [1.54, 1.807) is 0 Å². The molecule has 0 unspecified atom stereocenters. The Bertz CT molecular complexity index is 3640. The third kappa shape index (κ3) is 8.76. The molecule has 12 rings (SSSR count). The highest BCUT2D eigenvalue weighted by atomic mass is 15.2. The van der Waals surface area contributed by atoms with Crippen molar-refractivity contribution in [3.05, 3.63) is 320 Å². The summed E-state index contributed by atoms with van der Waals surface area (Å²) in [6, 6.07) is 100. The number of nitrogens with zero attached hydrogens (tertiary/aromatic N) is 3. The standard InChI is InChI=1S/C69H51N3/c1-5-21-55(22-6-1)69(56-23-7-2-8-24-56)57-39-45-63(46-40-57)71(67-33-17-25-53-19-13-15-31-65(53)67)61-41-35-51(36-42-61)52-37-43-62(44-38-52)72(68-34-18-26-54-20-14-16-32-66(54)68)64-49-47-60(48-50-64)70(58-27-9-3-10-28-58)59-29-11-4-12-30-59/h1-39,41-50H,40H2. The Kier molecular flexibility index (Phi) is 12.1. The van der Waals surface area contributed by atoms with Gasteiger partial charge in [-0.25, -0.2) is 0 Å². The van der Waals surface area contributed by atoms with Gasteiger partial charge in [0.25, 0.3) is 0 Å². The second-order valence-corrected chi connectivity index (χ2v) is 18.1. The van der Waals surface area contributed by atoms with Gasteiger partial charge in [-0.05, 0) is 142 Å². The third-order valence-corrected chi connectivity index (χ3v) is 13.7. The Labute approximate surface area is 422 Å². The van der Waals surface area contributed by atoms with Gasteiger partial charge in [-0.2, -0.15) is 0 Å². The van der Waals surface area contributed by atoms with Crippen LogP contribution in [-0.4, -0.2) is 0 Å². The molecule has 0 fully saturated rings. The third-order valence-electron chi connectivity index (χ3n) is 13.7. The highest BCUT2D eigenvalue weighted by Crippen LogP contribution is 2.43. The molecule has 0 heterocycles. The summed E-state index contributed by atoms with van der Waals surface area (Å²) in [5, 5.41) is 4.81. The van der Waals surface area contributed by atoms with Crippen molar-refractivity contribution in [1.29, 1.82) is 0 Å². The summed E-state index contributed by atoms with van der Waals surface area (Å²) in [4.78, 5) is 7.10. The molecule has 11 aromatic carbocycles. The van der Waals surface area contributed by atoms with E-state index in [0.717, 1.165) is 68.7 Å². The maximum atomic E-state index is 2.42. The molecular weight excluding hydrogens is 871 g/mol. The molecule has 0 atom stereocenters. The number of allylic oxidation sites excluding steroid dienone is 4. The Hall–Kier alpha value is -9.44. The number of rotatable bonds is 12. The maximum Gasteiger partial charge on any atom is 0.0540 e. The van der Waals surface area contributed by atoms with Crippen LogP contribution in [0.4, 0.5) is 45.5 Å². The van der Waals surface area contributed by atoms with Gasteiger partial charge in [0.1, 0.15) is 0 Å². The fraction of sp³-hybridized carbons (Fsp3) is 0.0145. The largest absolute Gasteiger partial charge is 0.311 e. The molecule has 0 amide bonds. The van der Waals surface area contributed by atoms with Crippen molar-refractivity contribution in [3.8, 4) is 11.1 Å². The van der Waals surface area contributed by atoms with Crippen LogP contribution < -0.4 is 14.7 Å². The van der Waals surface area contributed by atoms with Crippen LogP contribution in [0.15, 0.2) is 309 Å². The molecule has 0 radical (unpaired) electrons. The Morgan fingerprint density at radius 1 is 0.278 bits per heavy atom. The zero-order valence-corrected chi connectivity index (χ0v) is 39.8. The van der Waals surface area contributed by atoms with Crippen LogP contribution in [0.1, 0.15) is 17.5 Å². The van der Waals surface area contributed by atoms with E-state index in [9.17, 15) is 0 Å². The van der Waals surface area contributed by atoms with Crippen molar-refractivity contribution in [2.45, 2.75) is 6.42 Å². The minimum absolute atomic E-state index is 0.802. The van der Waals surface area contributed by atoms with Crippen molar-refractivity contribution in [1.82, 2.24) is 0 Å². The first kappa shape index (κ1) is 43.8. The topological polar surface area (TPSA) is 9.72 Å². The predicted molar refractivity (Wildman–Crippen MR) is 306 cm³/mol. The summed E-state index contributed by atoms with van der Waals surface area (Å²) in [5.41, 5.74) is 17.3. The fourth-order valence-electron chi connectivity index (χ4n) is 10.3. The Balaban J connectivity index is 0.889. The molecule has 342 valence electrons. The summed E-state index contributed by atoms with van der Waals surface area (Å²) in [7, 11) is 0. The monoisotopic (exact) mass is 921 g/mol. The quantitative estimate of drug-likeness (QED) is 0.121. The van der Waals surface area contributed by atoms with E-state index in [4.69, 9.17) is 0 Å². The lowest BCUT2D eigenvalue weighted by molar-refractivity contribution is 1.14. The van der Waals surface area contributed by atoms with Gasteiger partial charge < -0.3 is 14.7 Å². The van der Waals surface area contributed by atoms with Gasteiger partial charge in [-0.1, -0.05) is 206 Å². The minimum Gasteiger partial charge on any atom is -0.311 e. The van der Waals surface area contributed by atoms with Crippen molar-refractivity contribution in [3.63, 3.8) is 0 Å². The predicted octanol–water partition coefficient (Wildman–Crippen LogP) is 19.1. The van der Waals surface area contributed by atoms with Gasteiger partial charge in [-0.3, -0.25) is 0 Å². The molecule has 0 spiro atoms. The number of para-hydroxylation sites is 2. The Morgan fingerprint density at radius 2 is 0.639 bits per heavy atom. The minimum atomic E-state index is 0.802. The van der Waals surface area contributed by atoms with E-state index in [1.807, 2.05) is 0 Å². The van der Waals surface area contributed by atoms with Gasteiger partial charge in [0.05, 0.1) is 11.4 Å².